The molecule has 0 unspecified atom stereocenters. The van der Waals surface area contributed by atoms with Crippen LogP contribution in [0.4, 0.5) is 5.82 Å². The number of halogens is 1. The Morgan fingerprint density at radius 1 is 1.24 bits per heavy atom. The lowest BCUT2D eigenvalue weighted by atomic mass is 9.91. The molecular formula is C21H25ClN6O. The molecule has 3 heterocycles. The van der Waals surface area contributed by atoms with Crippen LogP contribution in [-0.4, -0.2) is 46.5 Å². The zero-order chi connectivity index (χ0) is 20.2. The molecule has 1 amide bonds. The van der Waals surface area contributed by atoms with Crippen LogP contribution in [0.1, 0.15) is 25.7 Å². The first kappa shape index (κ1) is 19.7. The van der Waals surface area contributed by atoms with Crippen LogP contribution in [0.15, 0.2) is 36.7 Å². The van der Waals surface area contributed by atoms with Crippen molar-refractivity contribution in [3.8, 4) is 11.3 Å². The summed E-state index contributed by atoms with van der Waals surface area (Å²) in [5.41, 5.74) is 2.62. The van der Waals surface area contributed by atoms with E-state index in [9.17, 15) is 4.79 Å². The zero-order valence-corrected chi connectivity index (χ0v) is 17.1. The van der Waals surface area contributed by atoms with Crippen LogP contribution in [0.2, 0.25) is 5.02 Å². The van der Waals surface area contributed by atoms with Crippen molar-refractivity contribution < 1.29 is 4.79 Å². The Kier molecular flexibility index (Phi) is 5.97. The van der Waals surface area contributed by atoms with Gasteiger partial charge in [-0.3, -0.25) is 4.79 Å². The molecule has 0 radical (unpaired) electrons. The van der Waals surface area contributed by atoms with Crippen molar-refractivity contribution >= 4 is 34.4 Å². The van der Waals surface area contributed by atoms with E-state index in [0.29, 0.717) is 17.6 Å². The van der Waals surface area contributed by atoms with E-state index in [1.165, 1.54) is 0 Å². The molecule has 7 nitrogen and oxygen atoms in total. The number of hydrogen-bond acceptors (Lipinski definition) is 5. The van der Waals surface area contributed by atoms with Crippen LogP contribution in [0.25, 0.3) is 22.3 Å². The fourth-order valence-corrected chi connectivity index (χ4v) is 4.11. The summed E-state index contributed by atoms with van der Waals surface area (Å²) in [5, 5.41) is 11.1. The molecule has 152 valence electrons. The van der Waals surface area contributed by atoms with Gasteiger partial charge in [-0.2, -0.15) is 0 Å². The number of anilines is 1. The first-order valence-corrected chi connectivity index (χ1v) is 10.3. The van der Waals surface area contributed by atoms with Gasteiger partial charge < -0.3 is 20.9 Å². The van der Waals surface area contributed by atoms with Gasteiger partial charge in [-0.25, -0.2) is 9.97 Å². The Balaban J connectivity index is 1.43. The van der Waals surface area contributed by atoms with E-state index >= 15 is 0 Å². The fraction of sp³-hybridized carbons (Fsp3) is 0.381. The molecule has 4 rings (SSSR count). The average molecular weight is 413 g/mol. The quantitative estimate of drug-likeness (QED) is 0.498. The van der Waals surface area contributed by atoms with Gasteiger partial charge in [0.15, 0.2) is 0 Å². The predicted octanol–water partition coefficient (Wildman–Crippen LogP) is 3.34. The van der Waals surface area contributed by atoms with E-state index in [2.05, 4.69) is 25.9 Å². The largest absolute Gasteiger partial charge is 0.367 e. The van der Waals surface area contributed by atoms with Crippen molar-refractivity contribution in [1.82, 2.24) is 25.6 Å². The molecule has 1 fully saturated rings. The maximum atomic E-state index is 11.7. The molecule has 8 heteroatoms. The first-order chi connectivity index (χ1) is 14.1. The second-order valence-corrected chi connectivity index (χ2v) is 7.88. The van der Waals surface area contributed by atoms with Crippen LogP contribution in [0.3, 0.4) is 0 Å². The van der Waals surface area contributed by atoms with Crippen molar-refractivity contribution in [2.75, 3.05) is 18.9 Å². The first-order valence-electron chi connectivity index (χ1n) is 9.93. The number of likely N-dealkylation sites (N-methyl/N-ethyl adjacent to an activating group) is 1. The highest BCUT2D eigenvalue weighted by molar-refractivity contribution is 6.31. The molecule has 0 saturated heterocycles. The zero-order valence-electron chi connectivity index (χ0n) is 16.3. The minimum absolute atomic E-state index is 0.0540. The van der Waals surface area contributed by atoms with Gasteiger partial charge in [-0.1, -0.05) is 11.6 Å². The molecule has 0 aromatic carbocycles. The van der Waals surface area contributed by atoms with Crippen LogP contribution < -0.4 is 16.0 Å². The number of carbonyl (C=O) groups is 1. The van der Waals surface area contributed by atoms with Gasteiger partial charge in [-0.15, -0.1) is 0 Å². The van der Waals surface area contributed by atoms with Crippen LogP contribution in [0, 0.1) is 0 Å². The third-order valence-corrected chi connectivity index (χ3v) is 5.52. The van der Waals surface area contributed by atoms with Gasteiger partial charge in [0.2, 0.25) is 5.91 Å². The van der Waals surface area contributed by atoms with Crippen molar-refractivity contribution in [3.05, 3.63) is 41.7 Å². The van der Waals surface area contributed by atoms with Crippen molar-refractivity contribution in [3.63, 3.8) is 0 Å². The molecule has 1 aliphatic carbocycles. The maximum Gasteiger partial charge on any atom is 0.234 e. The summed E-state index contributed by atoms with van der Waals surface area (Å²) in [5.74, 6) is 0.826. The standard InChI is InChI=1S/C21H25ClN6O/c1-23-12-20(29)27-15-6-4-14(5-7-15)26-19-10-13(22)9-18(28-19)17-11-25-21-16(17)3-2-8-24-21/h2-3,8-11,14-15,23H,4-7,12H2,1H3,(H,24,25)(H,26,28)(H,27,29)/t14-,15-. The number of amides is 1. The summed E-state index contributed by atoms with van der Waals surface area (Å²) in [7, 11) is 1.78. The summed E-state index contributed by atoms with van der Waals surface area (Å²) in [4.78, 5) is 24.1. The molecule has 0 bridgehead atoms. The number of aromatic nitrogens is 3. The second kappa shape index (κ2) is 8.80. The van der Waals surface area contributed by atoms with Gasteiger partial charge in [0, 0.05) is 40.4 Å². The Morgan fingerprint density at radius 2 is 2.03 bits per heavy atom. The highest BCUT2D eigenvalue weighted by atomic mass is 35.5. The fourth-order valence-electron chi connectivity index (χ4n) is 3.91. The van der Waals surface area contributed by atoms with Crippen molar-refractivity contribution in [2.45, 2.75) is 37.8 Å². The molecule has 0 atom stereocenters. The lowest BCUT2D eigenvalue weighted by molar-refractivity contribution is -0.121. The molecule has 3 aromatic heterocycles. The smallest absolute Gasteiger partial charge is 0.234 e. The second-order valence-electron chi connectivity index (χ2n) is 7.45. The van der Waals surface area contributed by atoms with Gasteiger partial charge in [0.25, 0.3) is 0 Å². The highest BCUT2D eigenvalue weighted by Gasteiger charge is 2.22. The van der Waals surface area contributed by atoms with Gasteiger partial charge in [-0.05, 0) is 57.0 Å². The average Bonchev–Trinajstić information content (AvgIpc) is 3.13. The van der Waals surface area contributed by atoms with Crippen LogP contribution in [0.5, 0.6) is 0 Å². The van der Waals surface area contributed by atoms with E-state index in [0.717, 1.165) is 53.8 Å². The number of hydrogen-bond donors (Lipinski definition) is 4. The van der Waals surface area contributed by atoms with Gasteiger partial charge >= 0.3 is 0 Å². The molecular weight excluding hydrogens is 388 g/mol. The molecule has 1 saturated carbocycles. The third-order valence-electron chi connectivity index (χ3n) is 5.30. The van der Waals surface area contributed by atoms with E-state index in [1.807, 2.05) is 30.5 Å². The minimum Gasteiger partial charge on any atom is -0.367 e. The molecule has 0 spiro atoms. The predicted molar refractivity (Wildman–Crippen MR) is 116 cm³/mol. The van der Waals surface area contributed by atoms with E-state index in [-0.39, 0.29) is 11.9 Å². The van der Waals surface area contributed by atoms with Crippen molar-refractivity contribution in [1.29, 1.82) is 0 Å². The van der Waals surface area contributed by atoms with Crippen molar-refractivity contribution in [2.24, 2.45) is 0 Å². The van der Waals surface area contributed by atoms with E-state index in [4.69, 9.17) is 16.6 Å². The summed E-state index contributed by atoms with van der Waals surface area (Å²) in [6.45, 7) is 0.358. The van der Waals surface area contributed by atoms with Gasteiger partial charge in [0.05, 0.1) is 12.2 Å². The highest BCUT2D eigenvalue weighted by Crippen LogP contribution is 2.30. The monoisotopic (exact) mass is 412 g/mol. The Morgan fingerprint density at radius 3 is 2.83 bits per heavy atom. The third kappa shape index (κ3) is 4.68. The number of H-pyrrole nitrogens is 1. The summed E-state index contributed by atoms with van der Waals surface area (Å²) >= 11 is 6.39. The normalized spacial score (nSPS) is 19.2. The Bertz CT molecular complexity index is 996. The van der Waals surface area contributed by atoms with Crippen LogP contribution >= 0.6 is 11.6 Å². The number of rotatable bonds is 6. The Labute approximate surface area is 174 Å². The number of aromatic amines is 1. The topological polar surface area (TPSA) is 94.7 Å². The summed E-state index contributed by atoms with van der Waals surface area (Å²) < 4.78 is 0. The summed E-state index contributed by atoms with van der Waals surface area (Å²) in [6.07, 6.45) is 7.54. The lowest BCUT2D eigenvalue weighted by Crippen LogP contribution is -2.43. The van der Waals surface area contributed by atoms with E-state index < -0.39 is 0 Å². The number of carbonyl (C=O) groups excluding carboxylic acids is 1. The van der Waals surface area contributed by atoms with Gasteiger partial charge in [0.1, 0.15) is 11.5 Å². The molecule has 3 aromatic rings. The molecule has 4 N–H and O–H groups in total. The number of pyridine rings is 2. The number of fused-ring (bicyclic) bond motifs is 1. The SMILES string of the molecule is CNCC(=O)N[C@H]1CC[C@H](Nc2cc(Cl)cc(-c3c[nH]c4ncccc34)n2)CC1. The molecule has 29 heavy (non-hydrogen) atoms. The van der Waals surface area contributed by atoms with Crippen LogP contribution in [-0.2, 0) is 4.79 Å². The number of nitrogens with zero attached hydrogens (tertiary/aromatic N) is 2. The minimum atomic E-state index is 0.0540. The molecule has 0 aliphatic heterocycles. The summed E-state index contributed by atoms with van der Waals surface area (Å²) in [6, 6.07) is 8.23. The Hall–Kier alpha value is -2.64. The maximum absolute atomic E-state index is 11.7. The lowest BCUT2D eigenvalue weighted by Gasteiger charge is -2.30. The number of nitrogens with one attached hydrogen (secondary N) is 4. The molecule has 1 aliphatic rings. The van der Waals surface area contributed by atoms with E-state index in [1.54, 1.807) is 13.2 Å².